The van der Waals surface area contributed by atoms with Gasteiger partial charge >= 0.3 is 5.97 Å². The van der Waals surface area contributed by atoms with Gasteiger partial charge in [-0.15, -0.1) is 0 Å². The second kappa shape index (κ2) is 5.48. The van der Waals surface area contributed by atoms with Gasteiger partial charge in [0.25, 0.3) is 5.91 Å². The molecule has 0 unspecified atom stereocenters. The van der Waals surface area contributed by atoms with Gasteiger partial charge in [0.1, 0.15) is 5.69 Å². The number of rotatable bonds is 2. The van der Waals surface area contributed by atoms with Crippen molar-refractivity contribution in [2.45, 2.75) is 32.7 Å². The Bertz CT molecular complexity index is 761. The number of hydrogen-bond donors (Lipinski definition) is 1. The lowest BCUT2D eigenvalue weighted by atomic mass is 10.0. The van der Waals surface area contributed by atoms with E-state index in [0.29, 0.717) is 6.54 Å². The first kappa shape index (κ1) is 14.6. The molecule has 2 aromatic rings. The summed E-state index contributed by atoms with van der Waals surface area (Å²) in [6, 6.07) is 5.14. The summed E-state index contributed by atoms with van der Waals surface area (Å²) >= 11 is 0. The summed E-state index contributed by atoms with van der Waals surface area (Å²) in [5, 5.41) is 10.1. The average Bonchev–Trinajstić information content (AvgIpc) is 2.81. The number of carboxylic acids is 1. The summed E-state index contributed by atoms with van der Waals surface area (Å²) in [4.78, 5) is 25.8. The van der Waals surface area contributed by atoms with Gasteiger partial charge in [0.15, 0.2) is 0 Å². The van der Waals surface area contributed by atoms with Crippen LogP contribution < -0.4 is 0 Å². The lowest BCUT2D eigenvalue weighted by molar-refractivity contribution is 0.0696. The number of aromatic carboxylic acids is 1. The van der Waals surface area contributed by atoms with Crippen LogP contribution in [0.4, 0.5) is 0 Å². The molecule has 0 saturated heterocycles. The Morgan fingerprint density at radius 3 is 2.77 bits per heavy atom. The number of carboxylic acid groups (broad SMARTS) is 1. The maximum atomic E-state index is 12.7. The van der Waals surface area contributed by atoms with Crippen LogP contribution in [0.15, 0.2) is 18.2 Å². The number of aryl methyl sites for hydroxylation is 2. The van der Waals surface area contributed by atoms with Gasteiger partial charge in [0.2, 0.25) is 0 Å². The Labute approximate surface area is 129 Å². The van der Waals surface area contributed by atoms with Crippen LogP contribution in [0.3, 0.4) is 0 Å². The summed E-state index contributed by atoms with van der Waals surface area (Å²) in [6.45, 7) is 3.47. The van der Waals surface area contributed by atoms with Gasteiger partial charge in [-0.3, -0.25) is 4.79 Å². The third-order valence-electron chi connectivity index (χ3n) is 4.45. The van der Waals surface area contributed by atoms with E-state index in [2.05, 4.69) is 0 Å². The van der Waals surface area contributed by atoms with E-state index in [0.717, 1.165) is 48.0 Å². The predicted octanol–water partition coefficient (Wildman–Crippen LogP) is 2.77. The monoisotopic (exact) mass is 300 g/mol. The summed E-state index contributed by atoms with van der Waals surface area (Å²) in [7, 11) is 1.83. The molecule has 1 aliphatic rings. The minimum absolute atomic E-state index is 0.0321. The normalized spacial score (nSPS) is 15.5. The Hall–Kier alpha value is -2.30. The van der Waals surface area contributed by atoms with E-state index >= 15 is 0 Å². The predicted molar refractivity (Wildman–Crippen MR) is 84.5 cm³/mol. The topological polar surface area (TPSA) is 62.5 Å². The van der Waals surface area contributed by atoms with Crippen molar-refractivity contribution in [2.24, 2.45) is 0 Å². The maximum absolute atomic E-state index is 12.7. The van der Waals surface area contributed by atoms with Gasteiger partial charge in [0, 0.05) is 31.0 Å². The number of benzene rings is 1. The fourth-order valence-corrected chi connectivity index (χ4v) is 3.32. The molecule has 0 spiro atoms. The van der Waals surface area contributed by atoms with Crippen molar-refractivity contribution in [3.63, 3.8) is 0 Å². The van der Waals surface area contributed by atoms with Crippen molar-refractivity contribution >= 4 is 22.8 Å². The molecule has 3 rings (SSSR count). The molecule has 0 fully saturated rings. The SMILES string of the molecule is CCn1c2c(c3cc(C(=O)O)ccc31)CCCCN(C)C2=O. The van der Waals surface area contributed by atoms with E-state index in [9.17, 15) is 14.7 Å². The van der Waals surface area contributed by atoms with Gasteiger partial charge < -0.3 is 14.6 Å². The Kier molecular flexibility index (Phi) is 3.64. The van der Waals surface area contributed by atoms with Crippen molar-refractivity contribution < 1.29 is 14.7 Å². The fourth-order valence-electron chi connectivity index (χ4n) is 3.32. The van der Waals surface area contributed by atoms with Gasteiger partial charge in [-0.05, 0) is 49.9 Å². The van der Waals surface area contributed by atoms with Crippen LogP contribution in [0, 0.1) is 0 Å². The minimum Gasteiger partial charge on any atom is -0.478 e. The number of nitrogens with zero attached hydrogens (tertiary/aromatic N) is 2. The first-order chi connectivity index (χ1) is 10.5. The number of carbonyl (C=O) groups excluding carboxylic acids is 1. The first-order valence-electron chi connectivity index (χ1n) is 7.68. The smallest absolute Gasteiger partial charge is 0.335 e. The van der Waals surface area contributed by atoms with E-state index in [1.54, 1.807) is 17.0 Å². The van der Waals surface area contributed by atoms with Gasteiger partial charge in [-0.2, -0.15) is 0 Å². The minimum atomic E-state index is -0.936. The Balaban J connectivity index is 2.32. The molecule has 1 aromatic heterocycles. The van der Waals surface area contributed by atoms with Gasteiger partial charge in [-0.1, -0.05) is 0 Å². The lowest BCUT2D eigenvalue weighted by Crippen LogP contribution is -2.31. The standard InChI is InChI=1S/C17H20N2O3/c1-3-19-14-8-7-11(17(21)22)10-13(14)12-6-4-5-9-18(2)16(20)15(12)19/h7-8,10H,3-6,9H2,1-2H3,(H,21,22). The van der Waals surface area contributed by atoms with Crippen LogP contribution in [-0.2, 0) is 13.0 Å². The van der Waals surface area contributed by atoms with Crippen molar-refractivity contribution in [3.05, 3.63) is 35.0 Å². The fraction of sp³-hybridized carbons (Fsp3) is 0.412. The molecule has 5 nitrogen and oxygen atoms in total. The maximum Gasteiger partial charge on any atom is 0.335 e. The van der Waals surface area contributed by atoms with E-state index in [1.165, 1.54) is 0 Å². The molecule has 22 heavy (non-hydrogen) atoms. The second-order valence-electron chi connectivity index (χ2n) is 5.79. The zero-order valence-corrected chi connectivity index (χ0v) is 12.9. The van der Waals surface area contributed by atoms with Crippen LogP contribution in [0.5, 0.6) is 0 Å². The molecule has 0 radical (unpaired) electrons. The molecule has 5 heteroatoms. The van der Waals surface area contributed by atoms with E-state index in [-0.39, 0.29) is 11.5 Å². The highest BCUT2D eigenvalue weighted by Crippen LogP contribution is 2.31. The van der Waals surface area contributed by atoms with Crippen LogP contribution in [0.2, 0.25) is 0 Å². The van der Waals surface area contributed by atoms with Crippen LogP contribution in [0.1, 0.15) is 46.2 Å². The van der Waals surface area contributed by atoms with E-state index in [1.807, 2.05) is 24.6 Å². The Morgan fingerprint density at radius 2 is 2.09 bits per heavy atom. The number of hydrogen-bond acceptors (Lipinski definition) is 2. The average molecular weight is 300 g/mol. The number of amides is 1. The molecule has 1 N–H and O–H groups in total. The molecule has 0 aliphatic carbocycles. The molecule has 0 saturated carbocycles. The third-order valence-corrected chi connectivity index (χ3v) is 4.45. The highest BCUT2D eigenvalue weighted by atomic mass is 16.4. The van der Waals surface area contributed by atoms with Crippen molar-refractivity contribution in [1.29, 1.82) is 0 Å². The molecule has 1 aliphatic heterocycles. The molecule has 116 valence electrons. The van der Waals surface area contributed by atoms with E-state index in [4.69, 9.17) is 0 Å². The van der Waals surface area contributed by atoms with Crippen molar-refractivity contribution in [3.8, 4) is 0 Å². The van der Waals surface area contributed by atoms with Gasteiger partial charge in [0.05, 0.1) is 5.56 Å². The van der Waals surface area contributed by atoms with Crippen molar-refractivity contribution in [2.75, 3.05) is 13.6 Å². The van der Waals surface area contributed by atoms with E-state index < -0.39 is 5.97 Å². The van der Waals surface area contributed by atoms with Crippen LogP contribution >= 0.6 is 0 Å². The number of aromatic nitrogens is 1. The summed E-state index contributed by atoms with van der Waals surface area (Å²) in [5.41, 5.74) is 2.94. The molecule has 2 heterocycles. The lowest BCUT2D eigenvalue weighted by Gasteiger charge is -2.22. The first-order valence-corrected chi connectivity index (χ1v) is 7.68. The number of fused-ring (bicyclic) bond motifs is 3. The van der Waals surface area contributed by atoms with Crippen LogP contribution in [-0.4, -0.2) is 40.0 Å². The van der Waals surface area contributed by atoms with Gasteiger partial charge in [-0.25, -0.2) is 4.79 Å². The highest BCUT2D eigenvalue weighted by molar-refractivity contribution is 6.03. The Morgan fingerprint density at radius 1 is 1.32 bits per heavy atom. The zero-order valence-electron chi connectivity index (χ0n) is 12.9. The summed E-state index contributed by atoms with van der Waals surface area (Å²) in [6.07, 6.45) is 2.80. The second-order valence-corrected chi connectivity index (χ2v) is 5.79. The molecule has 0 atom stereocenters. The molecular weight excluding hydrogens is 280 g/mol. The molecule has 1 amide bonds. The summed E-state index contributed by atoms with van der Waals surface area (Å²) < 4.78 is 2.01. The highest BCUT2D eigenvalue weighted by Gasteiger charge is 2.26. The quantitative estimate of drug-likeness (QED) is 0.927. The van der Waals surface area contributed by atoms with Crippen LogP contribution in [0.25, 0.3) is 10.9 Å². The molecular formula is C17H20N2O3. The third kappa shape index (κ3) is 2.17. The largest absolute Gasteiger partial charge is 0.478 e. The van der Waals surface area contributed by atoms with Crippen molar-refractivity contribution in [1.82, 2.24) is 9.47 Å². The molecule has 1 aromatic carbocycles. The number of carbonyl (C=O) groups is 2. The summed E-state index contributed by atoms with van der Waals surface area (Å²) in [5.74, 6) is -0.904. The zero-order chi connectivity index (χ0) is 15.9. The molecule has 0 bridgehead atoms.